The number of hydrogen-bond acceptors (Lipinski definition) is 2. The Morgan fingerprint density at radius 3 is 2.62 bits per heavy atom. The summed E-state index contributed by atoms with van der Waals surface area (Å²) in [6.07, 6.45) is 3.93. The molecule has 26 heavy (non-hydrogen) atoms. The summed E-state index contributed by atoms with van der Waals surface area (Å²) in [7, 11) is 0. The molecule has 0 aliphatic carbocycles. The highest BCUT2D eigenvalue weighted by molar-refractivity contribution is 9.10. The van der Waals surface area contributed by atoms with E-state index in [1.54, 1.807) is 0 Å². The van der Waals surface area contributed by atoms with Crippen LogP contribution in [0.4, 0.5) is 0 Å². The van der Waals surface area contributed by atoms with E-state index in [0.29, 0.717) is 0 Å². The van der Waals surface area contributed by atoms with Gasteiger partial charge in [0.25, 0.3) is 0 Å². The fraction of sp³-hybridized carbons (Fsp3) is 0.200. The Kier molecular flexibility index (Phi) is 4.78. The molecule has 3 aromatic rings. The fourth-order valence-electron chi connectivity index (χ4n) is 3.54. The molecule has 2 unspecified atom stereocenters. The van der Waals surface area contributed by atoms with Crippen molar-refractivity contribution in [2.75, 3.05) is 6.54 Å². The number of aromatic nitrogens is 2. The van der Waals surface area contributed by atoms with Crippen molar-refractivity contribution in [3.63, 3.8) is 0 Å². The summed E-state index contributed by atoms with van der Waals surface area (Å²) < 4.78 is 3.30. The van der Waals surface area contributed by atoms with Crippen molar-refractivity contribution in [2.45, 2.75) is 19.0 Å². The van der Waals surface area contributed by atoms with Crippen LogP contribution < -0.4 is 5.32 Å². The molecular formula is C20H19BrN4S. The van der Waals surface area contributed by atoms with E-state index in [4.69, 9.17) is 12.2 Å². The topological polar surface area (TPSA) is 33.1 Å². The maximum atomic E-state index is 5.62. The maximum absolute atomic E-state index is 5.62. The average molecular weight is 427 g/mol. The summed E-state index contributed by atoms with van der Waals surface area (Å²) in [5.74, 6) is 0. The van der Waals surface area contributed by atoms with Gasteiger partial charge in [-0.05, 0) is 67.7 Å². The zero-order chi connectivity index (χ0) is 18.1. The molecule has 0 spiro atoms. The van der Waals surface area contributed by atoms with Crippen LogP contribution in [-0.2, 0) is 0 Å². The lowest BCUT2D eigenvalue weighted by molar-refractivity contribution is 0.321. The second-order valence-electron chi connectivity index (χ2n) is 6.19. The highest BCUT2D eigenvalue weighted by atomic mass is 79.9. The van der Waals surface area contributed by atoms with Gasteiger partial charge in [0.05, 0.1) is 17.8 Å². The van der Waals surface area contributed by atoms with Gasteiger partial charge in [0, 0.05) is 34.8 Å². The van der Waals surface area contributed by atoms with Crippen LogP contribution in [0.2, 0.25) is 0 Å². The van der Waals surface area contributed by atoms with E-state index in [1.165, 1.54) is 5.69 Å². The minimum Gasteiger partial charge on any atom is -0.352 e. The van der Waals surface area contributed by atoms with E-state index < -0.39 is 0 Å². The van der Waals surface area contributed by atoms with Crippen molar-refractivity contribution < 1.29 is 0 Å². The Balaban J connectivity index is 1.80. The number of likely N-dealkylation sites (N-methyl/N-ethyl adjacent to an activating group) is 1. The predicted molar refractivity (Wildman–Crippen MR) is 111 cm³/mol. The molecule has 3 heterocycles. The van der Waals surface area contributed by atoms with Crippen molar-refractivity contribution in [3.05, 3.63) is 82.9 Å². The van der Waals surface area contributed by atoms with E-state index in [0.717, 1.165) is 27.5 Å². The Morgan fingerprint density at radius 2 is 1.92 bits per heavy atom. The van der Waals surface area contributed by atoms with Crippen LogP contribution >= 0.6 is 28.1 Å². The number of nitrogens with one attached hydrogen (secondary N) is 1. The van der Waals surface area contributed by atoms with Crippen molar-refractivity contribution in [3.8, 4) is 5.69 Å². The van der Waals surface area contributed by atoms with Crippen LogP contribution in [0.3, 0.4) is 0 Å². The van der Waals surface area contributed by atoms with Gasteiger partial charge in [-0.15, -0.1) is 0 Å². The molecule has 1 N–H and O–H groups in total. The molecule has 1 aromatic carbocycles. The SMILES string of the molecule is CCN1C(=S)NC(c2ccccn2)C1c1cccn1-c1ccc(Br)cc1. The first-order valence-electron chi connectivity index (χ1n) is 8.60. The first-order chi connectivity index (χ1) is 12.7. The van der Waals surface area contributed by atoms with E-state index >= 15 is 0 Å². The van der Waals surface area contributed by atoms with E-state index in [9.17, 15) is 0 Å². The summed E-state index contributed by atoms with van der Waals surface area (Å²) >= 11 is 9.13. The zero-order valence-corrected chi connectivity index (χ0v) is 16.7. The van der Waals surface area contributed by atoms with Crippen LogP contribution in [0.25, 0.3) is 5.69 Å². The Hall–Kier alpha value is -2.18. The van der Waals surface area contributed by atoms with Crippen LogP contribution in [0, 0.1) is 0 Å². The van der Waals surface area contributed by atoms with Crippen LogP contribution in [0.15, 0.2) is 71.5 Å². The van der Waals surface area contributed by atoms with Crippen molar-refractivity contribution in [1.82, 2.24) is 19.8 Å². The minimum absolute atomic E-state index is 0.0211. The summed E-state index contributed by atoms with van der Waals surface area (Å²) in [4.78, 5) is 6.81. The summed E-state index contributed by atoms with van der Waals surface area (Å²) in [5, 5.41) is 4.25. The lowest BCUT2D eigenvalue weighted by Crippen LogP contribution is -2.30. The molecule has 4 rings (SSSR count). The molecule has 2 atom stereocenters. The Labute approximate surface area is 167 Å². The summed E-state index contributed by atoms with van der Waals surface area (Å²) in [6.45, 7) is 2.97. The van der Waals surface area contributed by atoms with Crippen LogP contribution in [0.5, 0.6) is 0 Å². The number of benzene rings is 1. The van der Waals surface area contributed by atoms with Gasteiger partial charge >= 0.3 is 0 Å². The number of hydrogen-bond donors (Lipinski definition) is 1. The predicted octanol–water partition coefficient (Wildman–Crippen LogP) is 4.63. The highest BCUT2D eigenvalue weighted by Crippen LogP contribution is 2.39. The second-order valence-corrected chi connectivity index (χ2v) is 7.49. The number of rotatable bonds is 4. The number of thiocarbonyl (C=S) groups is 1. The third kappa shape index (κ3) is 3.04. The molecule has 0 saturated carbocycles. The molecule has 1 fully saturated rings. The van der Waals surface area contributed by atoms with Gasteiger partial charge in [-0.25, -0.2) is 0 Å². The fourth-order valence-corrected chi connectivity index (χ4v) is 4.17. The molecular weight excluding hydrogens is 408 g/mol. The van der Waals surface area contributed by atoms with E-state index in [-0.39, 0.29) is 12.1 Å². The molecule has 0 radical (unpaired) electrons. The Morgan fingerprint density at radius 1 is 1.12 bits per heavy atom. The second kappa shape index (κ2) is 7.21. The molecule has 0 amide bonds. The van der Waals surface area contributed by atoms with Gasteiger partial charge in [0.2, 0.25) is 0 Å². The van der Waals surface area contributed by atoms with Gasteiger partial charge < -0.3 is 14.8 Å². The lowest BCUT2D eigenvalue weighted by Gasteiger charge is -2.28. The molecule has 1 saturated heterocycles. The minimum atomic E-state index is 0.0211. The zero-order valence-electron chi connectivity index (χ0n) is 14.3. The van der Waals surface area contributed by atoms with Crippen LogP contribution in [0.1, 0.15) is 30.4 Å². The summed E-state index contributed by atoms with van der Waals surface area (Å²) in [5.41, 5.74) is 3.32. The van der Waals surface area contributed by atoms with Gasteiger partial charge in [-0.3, -0.25) is 4.98 Å². The molecule has 1 aliphatic heterocycles. The highest BCUT2D eigenvalue weighted by Gasteiger charge is 2.40. The quantitative estimate of drug-likeness (QED) is 0.616. The number of halogens is 1. The first-order valence-corrected chi connectivity index (χ1v) is 9.80. The van der Waals surface area contributed by atoms with Crippen LogP contribution in [-0.4, -0.2) is 26.1 Å². The number of nitrogens with zero attached hydrogens (tertiary/aromatic N) is 3. The maximum Gasteiger partial charge on any atom is 0.170 e. The molecule has 2 aromatic heterocycles. The Bertz CT molecular complexity index is 907. The van der Waals surface area contributed by atoms with Gasteiger partial charge in [0.15, 0.2) is 5.11 Å². The monoisotopic (exact) mass is 426 g/mol. The largest absolute Gasteiger partial charge is 0.352 e. The normalized spacial score (nSPS) is 19.6. The van der Waals surface area contributed by atoms with Crippen molar-refractivity contribution in [1.29, 1.82) is 0 Å². The van der Waals surface area contributed by atoms with E-state index in [2.05, 4.69) is 91.3 Å². The lowest BCUT2D eigenvalue weighted by atomic mass is 10.0. The molecule has 0 bridgehead atoms. The first kappa shape index (κ1) is 17.2. The average Bonchev–Trinajstić information content (AvgIpc) is 3.27. The van der Waals surface area contributed by atoms with Gasteiger partial charge in [-0.2, -0.15) is 0 Å². The van der Waals surface area contributed by atoms with Gasteiger partial charge in [0.1, 0.15) is 0 Å². The molecule has 6 heteroatoms. The molecule has 4 nitrogen and oxygen atoms in total. The van der Waals surface area contributed by atoms with Gasteiger partial charge in [-0.1, -0.05) is 22.0 Å². The summed E-state index contributed by atoms with van der Waals surface area (Å²) in [6, 6.07) is 18.7. The molecule has 1 aliphatic rings. The molecule has 132 valence electrons. The third-order valence-electron chi connectivity index (χ3n) is 4.73. The van der Waals surface area contributed by atoms with Crippen molar-refractivity contribution >= 4 is 33.3 Å². The standard InChI is InChI=1S/C20H19BrN4S/c1-2-24-19(18(23-20(24)26)16-6-3-4-12-22-16)17-7-5-13-25(17)15-10-8-14(21)9-11-15/h3-13,18-19H,2H2,1H3,(H,23,26). The smallest absolute Gasteiger partial charge is 0.170 e. The van der Waals surface area contributed by atoms with Crippen molar-refractivity contribution in [2.24, 2.45) is 0 Å². The number of pyridine rings is 1. The van der Waals surface area contributed by atoms with E-state index in [1.807, 2.05) is 18.3 Å². The third-order valence-corrected chi connectivity index (χ3v) is 5.61.